The van der Waals surface area contributed by atoms with Crippen molar-refractivity contribution in [1.29, 1.82) is 0 Å². The van der Waals surface area contributed by atoms with Crippen molar-refractivity contribution in [3.63, 3.8) is 0 Å². The highest BCUT2D eigenvalue weighted by atomic mass is 32.1. The molecule has 0 unspecified atom stereocenters. The zero-order valence-corrected chi connectivity index (χ0v) is 11.7. The fourth-order valence-electron chi connectivity index (χ4n) is 1.65. The number of amides is 1. The third-order valence-corrected chi connectivity index (χ3v) is 3.62. The lowest BCUT2D eigenvalue weighted by molar-refractivity contribution is -0.114. The molecule has 0 bridgehead atoms. The van der Waals surface area contributed by atoms with Crippen molar-refractivity contribution in [3.05, 3.63) is 28.6 Å². The summed E-state index contributed by atoms with van der Waals surface area (Å²) in [4.78, 5) is 26.5. The molecule has 0 aliphatic heterocycles. The summed E-state index contributed by atoms with van der Waals surface area (Å²) in [5, 5.41) is 12.0. The van der Waals surface area contributed by atoms with Crippen molar-refractivity contribution in [3.8, 4) is 11.3 Å². The molecule has 0 fully saturated rings. The van der Waals surface area contributed by atoms with Crippen molar-refractivity contribution in [2.45, 2.75) is 13.8 Å². The standard InChI is InChI=1S/C13H13N3O3S/c1-6-3-4-8(5-9(6)14)10-11(12(18)19)20-13(16-10)15-7(2)17/h3-5H,14H2,1-2H3,(H,18,19)(H,15,16,17). The van der Waals surface area contributed by atoms with Gasteiger partial charge in [-0.05, 0) is 18.6 Å². The highest BCUT2D eigenvalue weighted by Gasteiger charge is 2.19. The second-order valence-electron chi connectivity index (χ2n) is 4.25. The largest absolute Gasteiger partial charge is 0.477 e. The molecule has 7 heteroatoms. The van der Waals surface area contributed by atoms with Crippen LogP contribution in [0.4, 0.5) is 10.8 Å². The number of carboxylic acid groups (broad SMARTS) is 1. The Morgan fingerprint density at radius 3 is 2.65 bits per heavy atom. The van der Waals surface area contributed by atoms with E-state index in [1.807, 2.05) is 6.92 Å². The van der Waals surface area contributed by atoms with Gasteiger partial charge in [-0.3, -0.25) is 4.79 Å². The molecule has 0 atom stereocenters. The number of nitrogens with one attached hydrogen (secondary N) is 1. The summed E-state index contributed by atoms with van der Waals surface area (Å²) in [7, 11) is 0. The number of nitrogens with zero attached hydrogens (tertiary/aromatic N) is 1. The van der Waals surface area contributed by atoms with E-state index in [0.29, 0.717) is 16.9 Å². The van der Waals surface area contributed by atoms with Gasteiger partial charge in [-0.1, -0.05) is 23.5 Å². The molecule has 0 saturated heterocycles. The lowest BCUT2D eigenvalue weighted by Gasteiger charge is -2.03. The maximum absolute atomic E-state index is 11.3. The van der Waals surface area contributed by atoms with Crippen LogP contribution in [0.1, 0.15) is 22.2 Å². The van der Waals surface area contributed by atoms with Gasteiger partial charge < -0.3 is 16.2 Å². The Morgan fingerprint density at radius 2 is 2.10 bits per heavy atom. The highest BCUT2D eigenvalue weighted by Crippen LogP contribution is 2.32. The molecule has 6 nitrogen and oxygen atoms in total. The number of benzene rings is 1. The smallest absolute Gasteiger partial charge is 0.348 e. The van der Waals surface area contributed by atoms with E-state index in [4.69, 9.17) is 5.73 Å². The molecule has 0 radical (unpaired) electrons. The molecule has 1 aromatic carbocycles. The molecule has 104 valence electrons. The Labute approximate surface area is 119 Å². The number of nitrogen functional groups attached to an aromatic ring is 1. The van der Waals surface area contributed by atoms with Crippen LogP contribution in [0.25, 0.3) is 11.3 Å². The number of carbonyl (C=O) groups excluding carboxylic acids is 1. The minimum atomic E-state index is -1.09. The minimum Gasteiger partial charge on any atom is -0.477 e. The average Bonchev–Trinajstić information content (AvgIpc) is 2.76. The van der Waals surface area contributed by atoms with Crippen LogP contribution in [0.2, 0.25) is 0 Å². The number of anilines is 2. The van der Waals surface area contributed by atoms with Gasteiger partial charge in [0.05, 0.1) is 5.69 Å². The maximum atomic E-state index is 11.3. The number of hydrogen-bond acceptors (Lipinski definition) is 5. The van der Waals surface area contributed by atoms with Gasteiger partial charge in [0.1, 0.15) is 4.88 Å². The number of hydrogen-bond donors (Lipinski definition) is 3. The van der Waals surface area contributed by atoms with E-state index >= 15 is 0 Å². The molecular formula is C13H13N3O3S. The van der Waals surface area contributed by atoms with Gasteiger partial charge in [0.2, 0.25) is 5.91 Å². The third-order valence-electron chi connectivity index (χ3n) is 2.66. The number of aromatic carboxylic acids is 1. The third kappa shape index (κ3) is 2.77. The van der Waals surface area contributed by atoms with Crippen LogP contribution < -0.4 is 11.1 Å². The van der Waals surface area contributed by atoms with E-state index in [2.05, 4.69) is 10.3 Å². The molecular weight excluding hydrogens is 278 g/mol. The molecule has 0 aliphatic carbocycles. The van der Waals surface area contributed by atoms with E-state index in [-0.39, 0.29) is 15.9 Å². The van der Waals surface area contributed by atoms with E-state index in [9.17, 15) is 14.7 Å². The second-order valence-corrected chi connectivity index (χ2v) is 5.25. The van der Waals surface area contributed by atoms with E-state index in [1.54, 1.807) is 18.2 Å². The number of rotatable bonds is 3. The molecule has 2 rings (SSSR count). The van der Waals surface area contributed by atoms with Gasteiger partial charge in [0.25, 0.3) is 0 Å². The summed E-state index contributed by atoms with van der Waals surface area (Å²) in [6, 6.07) is 5.23. The van der Waals surface area contributed by atoms with E-state index in [1.165, 1.54) is 6.92 Å². The first-order valence-electron chi connectivity index (χ1n) is 5.76. The number of carboxylic acids is 1. The van der Waals surface area contributed by atoms with E-state index in [0.717, 1.165) is 16.9 Å². The summed E-state index contributed by atoms with van der Waals surface area (Å²) in [5.41, 5.74) is 8.21. The fourth-order valence-corrected chi connectivity index (χ4v) is 2.53. The Kier molecular flexibility index (Phi) is 3.71. The first-order valence-corrected chi connectivity index (χ1v) is 6.58. The quantitative estimate of drug-likeness (QED) is 0.753. The van der Waals surface area contributed by atoms with Gasteiger partial charge in [-0.2, -0.15) is 0 Å². The van der Waals surface area contributed by atoms with Gasteiger partial charge in [0.15, 0.2) is 5.13 Å². The molecule has 20 heavy (non-hydrogen) atoms. The predicted octanol–water partition coefficient (Wildman–Crippen LogP) is 2.36. The number of thiazole rings is 1. The van der Waals surface area contributed by atoms with Crippen molar-refractivity contribution in [1.82, 2.24) is 4.98 Å². The fraction of sp³-hybridized carbons (Fsp3) is 0.154. The van der Waals surface area contributed by atoms with Crippen LogP contribution >= 0.6 is 11.3 Å². The van der Waals surface area contributed by atoms with Gasteiger partial charge in [-0.25, -0.2) is 9.78 Å². The molecule has 0 aliphatic rings. The van der Waals surface area contributed by atoms with Crippen LogP contribution in [0, 0.1) is 6.92 Å². The SMILES string of the molecule is CC(=O)Nc1nc(-c2ccc(C)c(N)c2)c(C(=O)O)s1. The van der Waals surface area contributed by atoms with Crippen LogP contribution in [-0.4, -0.2) is 22.0 Å². The first kappa shape index (κ1) is 14.0. The number of aryl methyl sites for hydroxylation is 1. The number of nitrogens with two attached hydrogens (primary N) is 1. The number of carbonyl (C=O) groups is 2. The maximum Gasteiger partial charge on any atom is 0.348 e. The summed E-state index contributed by atoms with van der Waals surface area (Å²) in [5.74, 6) is -1.39. The van der Waals surface area contributed by atoms with Crippen LogP contribution in [0.15, 0.2) is 18.2 Å². The van der Waals surface area contributed by atoms with Crippen molar-refractivity contribution in [2.24, 2.45) is 0 Å². The van der Waals surface area contributed by atoms with Crippen LogP contribution in [0.5, 0.6) is 0 Å². The van der Waals surface area contributed by atoms with Gasteiger partial charge in [0, 0.05) is 18.2 Å². The zero-order valence-electron chi connectivity index (χ0n) is 10.9. The lowest BCUT2D eigenvalue weighted by Crippen LogP contribution is -2.04. The van der Waals surface area contributed by atoms with Crippen LogP contribution in [-0.2, 0) is 4.79 Å². The first-order chi connectivity index (χ1) is 9.38. The van der Waals surface area contributed by atoms with E-state index < -0.39 is 5.97 Å². The number of aromatic nitrogens is 1. The Hall–Kier alpha value is -2.41. The molecule has 1 heterocycles. The topological polar surface area (TPSA) is 105 Å². The second kappa shape index (κ2) is 5.30. The highest BCUT2D eigenvalue weighted by molar-refractivity contribution is 7.18. The zero-order chi connectivity index (χ0) is 14.9. The molecule has 0 saturated carbocycles. The Morgan fingerprint density at radius 1 is 1.40 bits per heavy atom. The average molecular weight is 291 g/mol. The summed E-state index contributed by atoms with van der Waals surface area (Å²) in [6.07, 6.45) is 0. The van der Waals surface area contributed by atoms with Crippen molar-refractivity contribution >= 4 is 34.0 Å². The van der Waals surface area contributed by atoms with Crippen molar-refractivity contribution in [2.75, 3.05) is 11.1 Å². The Balaban J connectivity index is 2.53. The normalized spacial score (nSPS) is 10.3. The molecule has 1 amide bonds. The molecule has 4 N–H and O–H groups in total. The van der Waals surface area contributed by atoms with Gasteiger partial charge >= 0.3 is 5.97 Å². The molecule has 2 aromatic rings. The monoisotopic (exact) mass is 291 g/mol. The predicted molar refractivity (Wildman–Crippen MR) is 78.0 cm³/mol. The molecule has 0 spiro atoms. The Bertz CT molecular complexity index is 694. The van der Waals surface area contributed by atoms with Crippen LogP contribution in [0.3, 0.4) is 0 Å². The lowest BCUT2D eigenvalue weighted by atomic mass is 10.1. The minimum absolute atomic E-state index is 0.0667. The van der Waals surface area contributed by atoms with Crippen molar-refractivity contribution < 1.29 is 14.7 Å². The summed E-state index contributed by atoms with van der Waals surface area (Å²) >= 11 is 0.917. The summed E-state index contributed by atoms with van der Waals surface area (Å²) < 4.78 is 0. The molecule has 1 aromatic heterocycles. The summed E-state index contributed by atoms with van der Waals surface area (Å²) in [6.45, 7) is 3.20. The van der Waals surface area contributed by atoms with Gasteiger partial charge in [-0.15, -0.1) is 0 Å².